The van der Waals surface area contributed by atoms with Crippen LogP contribution in [0.15, 0.2) is 24.3 Å². The molecule has 0 saturated carbocycles. The molecule has 118 valence electrons. The molecule has 2 atom stereocenters. The summed E-state index contributed by atoms with van der Waals surface area (Å²) in [5.41, 5.74) is 1.86. The molecule has 1 fully saturated rings. The second-order valence-electron chi connectivity index (χ2n) is 5.70. The Morgan fingerprint density at radius 2 is 1.91 bits per heavy atom. The van der Waals surface area contributed by atoms with Crippen LogP contribution in [-0.2, 0) is 14.4 Å². The third-order valence-corrected chi connectivity index (χ3v) is 4.11. The first-order valence-electron chi connectivity index (χ1n) is 7.17. The fraction of sp³-hybridized carbons (Fsp3) is 0.438. The molecule has 1 aliphatic heterocycles. The molecule has 1 aromatic carbocycles. The fourth-order valence-corrected chi connectivity index (χ4v) is 2.49. The van der Waals surface area contributed by atoms with Crippen molar-refractivity contribution in [3.63, 3.8) is 0 Å². The van der Waals surface area contributed by atoms with Crippen LogP contribution in [0.25, 0.3) is 0 Å². The maximum Gasteiger partial charge on any atom is 0.326 e. The average Bonchev–Trinajstić information content (AvgIpc) is 2.87. The molecule has 0 spiro atoms. The number of anilines is 1. The quantitative estimate of drug-likeness (QED) is 0.909. The van der Waals surface area contributed by atoms with Crippen LogP contribution in [0, 0.1) is 12.8 Å². The third-order valence-electron chi connectivity index (χ3n) is 4.11. The lowest BCUT2D eigenvalue weighted by Gasteiger charge is -2.24. The topological polar surface area (TPSA) is 77.9 Å². The third kappa shape index (κ3) is 3.10. The molecule has 1 aliphatic rings. The number of hydrogen-bond donors (Lipinski definition) is 1. The van der Waals surface area contributed by atoms with E-state index in [9.17, 15) is 14.4 Å². The molecule has 6 heteroatoms. The Kier molecular flexibility index (Phi) is 4.49. The van der Waals surface area contributed by atoms with E-state index < -0.39 is 17.9 Å². The standard InChI is InChI=1S/C16H20N2O4/c1-10-4-6-13(7-5-10)18-9-12(8-14(18)19)15(20)17(3)11(2)16(21)22/h4-7,11-12H,8-9H2,1-3H3,(H,21,22)/t11-,12?/m0/s1. The molecule has 2 rings (SSSR count). The van der Waals surface area contributed by atoms with Gasteiger partial charge in [-0.05, 0) is 26.0 Å². The highest BCUT2D eigenvalue weighted by Gasteiger charge is 2.38. The highest BCUT2D eigenvalue weighted by Crippen LogP contribution is 2.26. The van der Waals surface area contributed by atoms with Gasteiger partial charge in [0.05, 0.1) is 5.92 Å². The lowest BCUT2D eigenvalue weighted by molar-refractivity contribution is -0.149. The summed E-state index contributed by atoms with van der Waals surface area (Å²) >= 11 is 0. The number of carbonyl (C=O) groups excluding carboxylic acids is 2. The van der Waals surface area contributed by atoms with Gasteiger partial charge < -0.3 is 14.9 Å². The number of aliphatic carboxylic acids is 1. The summed E-state index contributed by atoms with van der Waals surface area (Å²) in [6, 6.07) is 6.62. The Morgan fingerprint density at radius 3 is 2.45 bits per heavy atom. The van der Waals surface area contributed by atoms with Crippen LogP contribution >= 0.6 is 0 Å². The normalized spacial score (nSPS) is 19.1. The van der Waals surface area contributed by atoms with Crippen molar-refractivity contribution in [2.75, 3.05) is 18.5 Å². The first kappa shape index (κ1) is 16.0. The summed E-state index contributed by atoms with van der Waals surface area (Å²) in [5, 5.41) is 8.98. The number of amides is 2. The van der Waals surface area contributed by atoms with E-state index in [-0.39, 0.29) is 24.8 Å². The number of nitrogens with zero attached hydrogens (tertiary/aromatic N) is 2. The molecule has 6 nitrogen and oxygen atoms in total. The summed E-state index contributed by atoms with van der Waals surface area (Å²) in [5.74, 6) is -1.98. The van der Waals surface area contributed by atoms with Gasteiger partial charge in [0.25, 0.3) is 0 Å². The maximum absolute atomic E-state index is 12.4. The Balaban J connectivity index is 2.10. The van der Waals surface area contributed by atoms with Crippen molar-refractivity contribution in [3.05, 3.63) is 29.8 Å². The zero-order valence-electron chi connectivity index (χ0n) is 12.9. The Labute approximate surface area is 129 Å². The summed E-state index contributed by atoms with van der Waals surface area (Å²) in [7, 11) is 1.46. The molecule has 1 saturated heterocycles. The van der Waals surface area contributed by atoms with Crippen LogP contribution in [0.2, 0.25) is 0 Å². The van der Waals surface area contributed by atoms with Crippen molar-refractivity contribution in [1.82, 2.24) is 4.90 Å². The van der Waals surface area contributed by atoms with Gasteiger partial charge in [-0.1, -0.05) is 17.7 Å². The van der Waals surface area contributed by atoms with Crippen molar-refractivity contribution < 1.29 is 19.5 Å². The molecule has 0 aromatic heterocycles. The first-order valence-corrected chi connectivity index (χ1v) is 7.17. The molecule has 0 radical (unpaired) electrons. The second kappa shape index (κ2) is 6.17. The summed E-state index contributed by atoms with van der Waals surface area (Å²) in [4.78, 5) is 38.2. The van der Waals surface area contributed by atoms with E-state index >= 15 is 0 Å². The lowest BCUT2D eigenvalue weighted by Crippen LogP contribution is -2.43. The van der Waals surface area contributed by atoms with Gasteiger partial charge in [-0.2, -0.15) is 0 Å². The van der Waals surface area contributed by atoms with E-state index in [0.717, 1.165) is 11.3 Å². The number of carboxylic acids is 1. The van der Waals surface area contributed by atoms with Crippen molar-refractivity contribution >= 4 is 23.5 Å². The fourth-order valence-electron chi connectivity index (χ4n) is 2.49. The average molecular weight is 304 g/mol. The summed E-state index contributed by atoms with van der Waals surface area (Å²) in [6.07, 6.45) is 0.114. The predicted molar refractivity (Wildman–Crippen MR) is 81.5 cm³/mol. The number of aryl methyl sites for hydroxylation is 1. The monoisotopic (exact) mass is 304 g/mol. The second-order valence-corrected chi connectivity index (χ2v) is 5.70. The molecule has 2 amide bonds. The predicted octanol–water partition coefficient (Wildman–Crippen LogP) is 1.28. The molecule has 1 unspecified atom stereocenters. The minimum atomic E-state index is -1.06. The molecular weight excluding hydrogens is 284 g/mol. The number of benzene rings is 1. The molecule has 0 bridgehead atoms. The first-order chi connectivity index (χ1) is 10.3. The zero-order valence-corrected chi connectivity index (χ0v) is 12.9. The van der Waals surface area contributed by atoms with E-state index in [1.165, 1.54) is 18.9 Å². The number of hydrogen-bond acceptors (Lipinski definition) is 3. The van der Waals surface area contributed by atoms with Gasteiger partial charge in [-0.15, -0.1) is 0 Å². The Hall–Kier alpha value is -2.37. The van der Waals surface area contributed by atoms with Gasteiger partial charge in [0.1, 0.15) is 6.04 Å². The van der Waals surface area contributed by atoms with E-state index in [2.05, 4.69) is 0 Å². The van der Waals surface area contributed by atoms with Crippen molar-refractivity contribution in [3.8, 4) is 0 Å². The van der Waals surface area contributed by atoms with E-state index in [4.69, 9.17) is 5.11 Å². The largest absolute Gasteiger partial charge is 0.480 e. The van der Waals surface area contributed by atoms with Crippen LogP contribution in [0.5, 0.6) is 0 Å². The van der Waals surface area contributed by atoms with Gasteiger partial charge in [0.2, 0.25) is 11.8 Å². The number of carbonyl (C=O) groups is 3. The summed E-state index contributed by atoms with van der Waals surface area (Å²) < 4.78 is 0. The molecular formula is C16H20N2O4. The highest BCUT2D eigenvalue weighted by molar-refractivity contribution is 6.00. The van der Waals surface area contributed by atoms with Crippen LogP contribution in [0.3, 0.4) is 0 Å². The molecule has 1 N–H and O–H groups in total. The number of carboxylic acid groups (broad SMARTS) is 1. The van der Waals surface area contributed by atoms with Crippen molar-refractivity contribution in [1.29, 1.82) is 0 Å². The minimum Gasteiger partial charge on any atom is -0.480 e. The maximum atomic E-state index is 12.4. The van der Waals surface area contributed by atoms with E-state index in [0.29, 0.717) is 0 Å². The molecule has 22 heavy (non-hydrogen) atoms. The number of rotatable bonds is 4. The van der Waals surface area contributed by atoms with E-state index in [1.807, 2.05) is 31.2 Å². The van der Waals surface area contributed by atoms with Gasteiger partial charge in [0.15, 0.2) is 0 Å². The van der Waals surface area contributed by atoms with Gasteiger partial charge in [-0.25, -0.2) is 4.79 Å². The lowest BCUT2D eigenvalue weighted by atomic mass is 10.1. The molecule has 1 heterocycles. The van der Waals surface area contributed by atoms with Gasteiger partial charge in [-0.3, -0.25) is 9.59 Å². The van der Waals surface area contributed by atoms with Crippen LogP contribution in [0.1, 0.15) is 18.9 Å². The smallest absolute Gasteiger partial charge is 0.326 e. The van der Waals surface area contributed by atoms with Gasteiger partial charge >= 0.3 is 5.97 Å². The van der Waals surface area contributed by atoms with Crippen LogP contribution < -0.4 is 4.90 Å². The van der Waals surface area contributed by atoms with Crippen molar-refractivity contribution in [2.45, 2.75) is 26.3 Å². The zero-order chi connectivity index (χ0) is 16.4. The number of likely N-dealkylation sites (N-methyl/N-ethyl adjacent to an activating group) is 1. The molecule has 1 aromatic rings. The summed E-state index contributed by atoms with van der Waals surface area (Å²) in [6.45, 7) is 3.70. The van der Waals surface area contributed by atoms with E-state index in [1.54, 1.807) is 4.90 Å². The molecule has 0 aliphatic carbocycles. The Morgan fingerprint density at radius 1 is 1.32 bits per heavy atom. The Bertz CT molecular complexity index is 597. The van der Waals surface area contributed by atoms with Crippen LogP contribution in [-0.4, -0.2) is 47.4 Å². The van der Waals surface area contributed by atoms with Crippen LogP contribution in [0.4, 0.5) is 5.69 Å². The highest BCUT2D eigenvalue weighted by atomic mass is 16.4. The SMILES string of the molecule is Cc1ccc(N2CC(C(=O)N(C)[C@@H](C)C(=O)O)CC2=O)cc1. The van der Waals surface area contributed by atoms with Crippen molar-refractivity contribution in [2.24, 2.45) is 5.92 Å². The minimum absolute atomic E-state index is 0.112. The van der Waals surface area contributed by atoms with Gasteiger partial charge in [0, 0.05) is 25.7 Å².